The maximum Gasteiger partial charge on any atom is 0.244 e. The summed E-state index contributed by atoms with van der Waals surface area (Å²) in [6.07, 6.45) is 0.603. The molecule has 0 aliphatic rings. The summed E-state index contributed by atoms with van der Waals surface area (Å²) in [5, 5.41) is 2.79. The van der Waals surface area contributed by atoms with E-state index < -0.39 is 0 Å². The predicted molar refractivity (Wildman–Crippen MR) is 101 cm³/mol. The highest BCUT2D eigenvalue weighted by Gasteiger charge is 2.15. The van der Waals surface area contributed by atoms with Crippen molar-refractivity contribution in [2.75, 3.05) is 32.6 Å². The Kier molecular flexibility index (Phi) is 7.02. The summed E-state index contributed by atoms with van der Waals surface area (Å²) in [5.74, 6) is 0.915. The van der Waals surface area contributed by atoms with Crippen molar-refractivity contribution in [1.82, 2.24) is 4.90 Å². The fourth-order valence-corrected chi connectivity index (χ4v) is 2.62. The Balaban J connectivity index is 1.99. The Hall–Kier alpha value is -3.02. The fourth-order valence-electron chi connectivity index (χ4n) is 2.62. The molecule has 0 radical (unpaired) electrons. The Labute approximate surface area is 153 Å². The first kappa shape index (κ1) is 19.3. The highest BCUT2D eigenvalue weighted by molar-refractivity contribution is 5.95. The van der Waals surface area contributed by atoms with Crippen LogP contribution < -0.4 is 14.8 Å². The van der Waals surface area contributed by atoms with Crippen LogP contribution in [0.3, 0.4) is 0 Å². The van der Waals surface area contributed by atoms with E-state index in [0.717, 1.165) is 11.3 Å². The van der Waals surface area contributed by atoms with Crippen LogP contribution in [-0.2, 0) is 16.0 Å². The summed E-state index contributed by atoms with van der Waals surface area (Å²) in [7, 11) is 3.16. The smallest absolute Gasteiger partial charge is 0.244 e. The zero-order valence-corrected chi connectivity index (χ0v) is 15.3. The number of methoxy groups -OCH3 is 2. The fraction of sp³-hybridized carbons (Fsp3) is 0.300. The van der Waals surface area contributed by atoms with E-state index in [1.807, 2.05) is 36.4 Å². The third-order valence-corrected chi connectivity index (χ3v) is 4.00. The van der Waals surface area contributed by atoms with Crippen molar-refractivity contribution in [3.63, 3.8) is 0 Å². The van der Waals surface area contributed by atoms with Crippen molar-refractivity contribution in [3.8, 4) is 11.5 Å². The van der Waals surface area contributed by atoms with Gasteiger partial charge in [-0.1, -0.05) is 30.3 Å². The highest BCUT2D eigenvalue weighted by atomic mass is 16.5. The SMILES string of the molecule is COc1ccccc1CCN(CC(=O)Nc1ccccc1OC)C(C)=O. The maximum atomic E-state index is 12.3. The summed E-state index contributed by atoms with van der Waals surface area (Å²) < 4.78 is 10.5. The van der Waals surface area contributed by atoms with Crippen LogP contribution >= 0.6 is 0 Å². The molecule has 0 atom stereocenters. The number of carbonyl (C=O) groups excluding carboxylic acids is 2. The van der Waals surface area contributed by atoms with Gasteiger partial charge in [0.1, 0.15) is 11.5 Å². The van der Waals surface area contributed by atoms with Gasteiger partial charge in [-0.05, 0) is 30.2 Å². The average Bonchev–Trinajstić information content (AvgIpc) is 2.65. The van der Waals surface area contributed by atoms with E-state index in [9.17, 15) is 9.59 Å². The second-order valence-corrected chi connectivity index (χ2v) is 5.75. The van der Waals surface area contributed by atoms with Gasteiger partial charge in [-0.3, -0.25) is 9.59 Å². The van der Waals surface area contributed by atoms with Gasteiger partial charge in [0.15, 0.2) is 0 Å². The van der Waals surface area contributed by atoms with E-state index in [2.05, 4.69) is 5.32 Å². The Morgan fingerprint density at radius 1 is 0.962 bits per heavy atom. The number of benzene rings is 2. The molecule has 2 amide bonds. The molecule has 26 heavy (non-hydrogen) atoms. The molecule has 0 fully saturated rings. The molecule has 2 aromatic rings. The van der Waals surface area contributed by atoms with E-state index in [4.69, 9.17) is 9.47 Å². The summed E-state index contributed by atoms with van der Waals surface area (Å²) in [6, 6.07) is 14.8. The lowest BCUT2D eigenvalue weighted by molar-refractivity contribution is -0.132. The lowest BCUT2D eigenvalue weighted by Crippen LogP contribution is -2.38. The van der Waals surface area contributed by atoms with Crippen molar-refractivity contribution in [1.29, 1.82) is 0 Å². The Morgan fingerprint density at radius 2 is 1.58 bits per heavy atom. The third kappa shape index (κ3) is 5.24. The molecule has 2 aromatic carbocycles. The highest BCUT2D eigenvalue weighted by Crippen LogP contribution is 2.23. The number of amides is 2. The van der Waals surface area contributed by atoms with Crippen molar-refractivity contribution >= 4 is 17.5 Å². The van der Waals surface area contributed by atoms with Gasteiger partial charge in [-0.15, -0.1) is 0 Å². The first-order valence-corrected chi connectivity index (χ1v) is 8.35. The van der Waals surface area contributed by atoms with E-state index >= 15 is 0 Å². The molecule has 1 N–H and O–H groups in total. The van der Waals surface area contributed by atoms with Crippen molar-refractivity contribution in [2.45, 2.75) is 13.3 Å². The molecule has 0 aliphatic carbocycles. The van der Waals surface area contributed by atoms with Crippen molar-refractivity contribution in [2.24, 2.45) is 0 Å². The molecule has 0 aromatic heterocycles. The van der Waals surface area contributed by atoms with Gasteiger partial charge in [0.25, 0.3) is 0 Å². The van der Waals surface area contributed by atoms with E-state index in [0.29, 0.717) is 24.4 Å². The minimum atomic E-state index is -0.273. The molecule has 6 heteroatoms. The molecule has 0 bridgehead atoms. The minimum Gasteiger partial charge on any atom is -0.496 e. The summed E-state index contributed by atoms with van der Waals surface area (Å²) >= 11 is 0. The third-order valence-electron chi connectivity index (χ3n) is 4.00. The molecule has 2 rings (SSSR count). The van der Waals surface area contributed by atoms with Gasteiger partial charge < -0.3 is 19.7 Å². The summed E-state index contributed by atoms with van der Waals surface area (Å²) in [5.41, 5.74) is 1.57. The quantitative estimate of drug-likeness (QED) is 0.790. The number of hydrogen-bond acceptors (Lipinski definition) is 4. The molecule has 138 valence electrons. The number of nitrogens with one attached hydrogen (secondary N) is 1. The maximum absolute atomic E-state index is 12.3. The van der Waals surface area contributed by atoms with E-state index in [1.165, 1.54) is 11.8 Å². The van der Waals surface area contributed by atoms with Crippen LogP contribution in [0.15, 0.2) is 48.5 Å². The van der Waals surface area contributed by atoms with Crippen molar-refractivity contribution in [3.05, 3.63) is 54.1 Å². The van der Waals surface area contributed by atoms with Gasteiger partial charge in [0, 0.05) is 13.5 Å². The van der Waals surface area contributed by atoms with Crippen LogP contribution in [0.1, 0.15) is 12.5 Å². The number of ether oxygens (including phenoxy) is 2. The molecule has 6 nitrogen and oxygen atoms in total. The normalized spacial score (nSPS) is 10.1. The monoisotopic (exact) mass is 356 g/mol. The molecule has 0 saturated heterocycles. The Bertz CT molecular complexity index is 761. The largest absolute Gasteiger partial charge is 0.496 e. The number of hydrogen-bond donors (Lipinski definition) is 1. The first-order chi connectivity index (χ1) is 12.5. The second kappa shape index (κ2) is 9.46. The number of nitrogens with zero attached hydrogens (tertiary/aromatic N) is 1. The lowest BCUT2D eigenvalue weighted by atomic mass is 10.1. The zero-order valence-electron chi connectivity index (χ0n) is 15.3. The molecular formula is C20H24N2O4. The van der Waals surface area contributed by atoms with Gasteiger partial charge in [-0.2, -0.15) is 0 Å². The van der Waals surface area contributed by atoms with Crippen LogP contribution in [-0.4, -0.2) is 44.0 Å². The predicted octanol–water partition coefficient (Wildman–Crippen LogP) is 2.73. The van der Waals surface area contributed by atoms with Crippen molar-refractivity contribution < 1.29 is 19.1 Å². The number of carbonyl (C=O) groups is 2. The Morgan fingerprint density at radius 3 is 2.23 bits per heavy atom. The first-order valence-electron chi connectivity index (χ1n) is 8.35. The van der Waals surface area contributed by atoms with Gasteiger partial charge >= 0.3 is 0 Å². The van der Waals surface area contributed by atoms with Gasteiger partial charge in [0.2, 0.25) is 11.8 Å². The minimum absolute atomic E-state index is 0.0253. The van der Waals surface area contributed by atoms with Crippen LogP contribution in [0.25, 0.3) is 0 Å². The van der Waals surface area contributed by atoms with Crippen LogP contribution in [0.4, 0.5) is 5.69 Å². The average molecular weight is 356 g/mol. The molecule has 0 saturated carbocycles. The molecule has 0 heterocycles. The molecule has 0 aliphatic heterocycles. The van der Waals surface area contributed by atoms with Crippen LogP contribution in [0.2, 0.25) is 0 Å². The van der Waals surface area contributed by atoms with Gasteiger partial charge in [-0.25, -0.2) is 0 Å². The lowest BCUT2D eigenvalue weighted by Gasteiger charge is -2.21. The number of rotatable bonds is 8. The molecule has 0 unspecified atom stereocenters. The molecule has 0 spiro atoms. The number of anilines is 1. The summed E-state index contributed by atoms with van der Waals surface area (Å²) in [4.78, 5) is 25.8. The van der Waals surface area contributed by atoms with Gasteiger partial charge in [0.05, 0.1) is 26.5 Å². The summed E-state index contributed by atoms with van der Waals surface area (Å²) in [6.45, 7) is 1.86. The van der Waals surface area contributed by atoms with E-state index in [1.54, 1.807) is 26.4 Å². The number of para-hydroxylation sites is 3. The standard InChI is InChI=1S/C20H24N2O4/c1-15(23)22(13-12-16-8-4-6-10-18(16)25-2)14-20(24)21-17-9-5-7-11-19(17)26-3/h4-11H,12-14H2,1-3H3,(H,21,24). The van der Waals surface area contributed by atoms with E-state index in [-0.39, 0.29) is 18.4 Å². The van der Waals surface area contributed by atoms with Crippen LogP contribution in [0, 0.1) is 0 Å². The van der Waals surface area contributed by atoms with Crippen LogP contribution in [0.5, 0.6) is 11.5 Å². The topological polar surface area (TPSA) is 67.9 Å². The molecular weight excluding hydrogens is 332 g/mol. The zero-order chi connectivity index (χ0) is 18.9. The second-order valence-electron chi connectivity index (χ2n) is 5.75.